The van der Waals surface area contributed by atoms with Crippen LogP contribution in [-0.2, 0) is 11.2 Å². The van der Waals surface area contributed by atoms with Crippen LogP contribution in [0.25, 0.3) is 0 Å². The van der Waals surface area contributed by atoms with Crippen molar-refractivity contribution in [2.45, 2.75) is 39.0 Å². The fourth-order valence-electron chi connectivity index (χ4n) is 2.77. The molecule has 0 aliphatic carbocycles. The molecular weight excluding hydrogens is 320 g/mol. The van der Waals surface area contributed by atoms with Crippen LogP contribution in [0.15, 0.2) is 40.9 Å². The molecule has 2 rings (SSSR count). The van der Waals surface area contributed by atoms with E-state index >= 15 is 0 Å². The lowest BCUT2D eigenvalue weighted by molar-refractivity contribution is -0.137. The van der Waals surface area contributed by atoms with Gasteiger partial charge in [-0.05, 0) is 24.8 Å². The topological polar surface area (TPSA) is 83.6 Å². The van der Waals surface area contributed by atoms with Gasteiger partial charge in [-0.3, -0.25) is 9.59 Å². The highest BCUT2D eigenvalue weighted by Crippen LogP contribution is 2.23. The summed E-state index contributed by atoms with van der Waals surface area (Å²) in [7, 11) is 0. The van der Waals surface area contributed by atoms with Gasteiger partial charge < -0.3 is 14.5 Å². The van der Waals surface area contributed by atoms with E-state index in [2.05, 4.69) is 19.0 Å². The molecule has 1 amide bonds. The molecule has 0 fully saturated rings. The van der Waals surface area contributed by atoms with E-state index < -0.39 is 11.9 Å². The second kappa shape index (κ2) is 9.01. The summed E-state index contributed by atoms with van der Waals surface area (Å²) in [4.78, 5) is 25.1. The van der Waals surface area contributed by atoms with Crippen molar-refractivity contribution in [2.75, 3.05) is 13.1 Å². The molecule has 0 unspecified atom stereocenters. The van der Waals surface area contributed by atoms with Gasteiger partial charge in [0.25, 0.3) is 5.91 Å². The van der Waals surface area contributed by atoms with E-state index in [9.17, 15) is 9.59 Å². The Morgan fingerprint density at radius 1 is 1.20 bits per heavy atom. The average Bonchev–Trinajstić information content (AvgIpc) is 3.09. The SMILES string of the molecule is CCC(CC)c1cc(C(=O)N(CCc2ccccc2)CC(=O)O)on1. The van der Waals surface area contributed by atoms with Crippen molar-refractivity contribution in [3.05, 3.63) is 53.4 Å². The van der Waals surface area contributed by atoms with Crippen LogP contribution >= 0.6 is 0 Å². The highest BCUT2D eigenvalue weighted by Gasteiger charge is 2.24. The molecule has 0 bridgehead atoms. The van der Waals surface area contributed by atoms with E-state index in [0.29, 0.717) is 13.0 Å². The zero-order valence-electron chi connectivity index (χ0n) is 14.6. The van der Waals surface area contributed by atoms with Crippen LogP contribution in [0, 0.1) is 0 Å². The molecule has 1 aromatic carbocycles. The molecule has 0 aliphatic rings. The molecule has 6 heteroatoms. The average molecular weight is 344 g/mol. The van der Waals surface area contributed by atoms with E-state index in [1.807, 2.05) is 30.3 Å². The van der Waals surface area contributed by atoms with Crippen LogP contribution in [0.5, 0.6) is 0 Å². The first-order chi connectivity index (χ1) is 12.0. The van der Waals surface area contributed by atoms with Crippen molar-refractivity contribution in [3.8, 4) is 0 Å². The van der Waals surface area contributed by atoms with Gasteiger partial charge in [0, 0.05) is 18.5 Å². The molecular formula is C19H24N2O4. The molecule has 0 saturated heterocycles. The number of aromatic nitrogens is 1. The predicted octanol–water partition coefficient (Wildman–Crippen LogP) is 3.35. The third-order valence-corrected chi connectivity index (χ3v) is 4.27. The molecule has 0 saturated carbocycles. The van der Waals surface area contributed by atoms with E-state index in [4.69, 9.17) is 9.63 Å². The van der Waals surface area contributed by atoms with Crippen LogP contribution in [0.3, 0.4) is 0 Å². The monoisotopic (exact) mass is 344 g/mol. The first kappa shape index (κ1) is 18.7. The number of carboxylic acid groups (broad SMARTS) is 1. The Hall–Kier alpha value is -2.63. The minimum atomic E-state index is -1.05. The van der Waals surface area contributed by atoms with Crippen LogP contribution in [0.1, 0.15) is 54.4 Å². The normalized spacial score (nSPS) is 10.8. The first-order valence-electron chi connectivity index (χ1n) is 8.56. The standard InChI is InChI=1S/C19H24N2O4/c1-3-15(4-2)16-12-17(25-20-16)19(24)21(13-18(22)23)11-10-14-8-6-5-7-9-14/h5-9,12,15H,3-4,10-11,13H2,1-2H3,(H,22,23). The van der Waals surface area contributed by atoms with Crippen LogP contribution in [0.4, 0.5) is 0 Å². The van der Waals surface area contributed by atoms with Gasteiger partial charge in [0.05, 0.1) is 5.69 Å². The minimum Gasteiger partial charge on any atom is -0.480 e. The number of aliphatic carboxylic acids is 1. The summed E-state index contributed by atoms with van der Waals surface area (Å²) >= 11 is 0. The molecule has 6 nitrogen and oxygen atoms in total. The van der Waals surface area contributed by atoms with Crippen molar-refractivity contribution in [3.63, 3.8) is 0 Å². The highest BCUT2D eigenvalue weighted by atomic mass is 16.5. The van der Waals surface area contributed by atoms with Crippen LogP contribution < -0.4 is 0 Å². The van der Waals surface area contributed by atoms with E-state index in [-0.39, 0.29) is 18.2 Å². The summed E-state index contributed by atoms with van der Waals surface area (Å²) in [5, 5.41) is 13.1. The summed E-state index contributed by atoms with van der Waals surface area (Å²) in [5.74, 6) is -1.16. The maximum Gasteiger partial charge on any atom is 0.323 e. The van der Waals surface area contributed by atoms with Gasteiger partial charge in [-0.25, -0.2) is 0 Å². The van der Waals surface area contributed by atoms with Gasteiger partial charge in [-0.15, -0.1) is 0 Å². The lowest BCUT2D eigenvalue weighted by Crippen LogP contribution is -2.37. The third kappa shape index (κ3) is 5.17. The molecule has 25 heavy (non-hydrogen) atoms. The zero-order valence-corrected chi connectivity index (χ0v) is 14.6. The van der Waals surface area contributed by atoms with Crippen molar-refractivity contribution in [2.24, 2.45) is 0 Å². The highest BCUT2D eigenvalue weighted by molar-refractivity contribution is 5.93. The first-order valence-corrected chi connectivity index (χ1v) is 8.56. The molecule has 0 atom stereocenters. The minimum absolute atomic E-state index is 0.0937. The Balaban J connectivity index is 2.11. The molecule has 0 aliphatic heterocycles. The van der Waals surface area contributed by atoms with E-state index in [1.165, 1.54) is 4.90 Å². The second-order valence-corrected chi connectivity index (χ2v) is 5.99. The number of rotatable bonds is 9. The van der Waals surface area contributed by atoms with Gasteiger partial charge in [-0.1, -0.05) is 49.3 Å². The van der Waals surface area contributed by atoms with Gasteiger partial charge in [0.2, 0.25) is 5.76 Å². The van der Waals surface area contributed by atoms with Crippen LogP contribution in [-0.4, -0.2) is 40.1 Å². The number of carboxylic acids is 1. The number of hydrogen-bond donors (Lipinski definition) is 1. The Kier molecular flexibility index (Phi) is 6.74. The summed E-state index contributed by atoms with van der Waals surface area (Å²) in [5.41, 5.74) is 1.78. The second-order valence-electron chi connectivity index (χ2n) is 5.99. The smallest absolute Gasteiger partial charge is 0.323 e. The zero-order chi connectivity index (χ0) is 18.2. The summed E-state index contributed by atoms with van der Waals surface area (Å²) in [6.07, 6.45) is 2.39. The Labute approximate surface area is 147 Å². The Bertz CT molecular complexity index is 692. The molecule has 0 radical (unpaired) electrons. The number of benzene rings is 1. The lowest BCUT2D eigenvalue weighted by Gasteiger charge is -2.19. The summed E-state index contributed by atoms with van der Waals surface area (Å²) in [6.45, 7) is 4.05. The molecule has 2 aromatic rings. The number of nitrogens with zero attached hydrogens (tertiary/aromatic N) is 2. The quantitative estimate of drug-likeness (QED) is 0.754. The molecule has 1 N–H and O–H groups in total. The molecule has 0 spiro atoms. The van der Waals surface area contributed by atoms with Gasteiger partial charge in [-0.2, -0.15) is 0 Å². The Morgan fingerprint density at radius 2 is 1.88 bits per heavy atom. The lowest BCUT2D eigenvalue weighted by atomic mass is 9.99. The van der Waals surface area contributed by atoms with Gasteiger partial charge in [0.15, 0.2) is 0 Å². The molecule has 1 aromatic heterocycles. The number of carbonyl (C=O) groups is 2. The van der Waals surface area contributed by atoms with E-state index in [1.54, 1.807) is 6.07 Å². The van der Waals surface area contributed by atoms with Crippen molar-refractivity contribution < 1.29 is 19.2 Å². The van der Waals surface area contributed by atoms with E-state index in [0.717, 1.165) is 24.1 Å². The van der Waals surface area contributed by atoms with Crippen molar-refractivity contribution >= 4 is 11.9 Å². The summed E-state index contributed by atoms with van der Waals surface area (Å²) in [6, 6.07) is 11.3. The van der Waals surface area contributed by atoms with Crippen molar-refractivity contribution in [1.29, 1.82) is 0 Å². The molecule has 1 heterocycles. The summed E-state index contributed by atoms with van der Waals surface area (Å²) < 4.78 is 5.19. The van der Waals surface area contributed by atoms with Gasteiger partial charge >= 0.3 is 5.97 Å². The number of amides is 1. The number of hydrogen-bond acceptors (Lipinski definition) is 4. The van der Waals surface area contributed by atoms with Gasteiger partial charge in [0.1, 0.15) is 6.54 Å². The molecule has 134 valence electrons. The third-order valence-electron chi connectivity index (χ3n) is 4.27. The fraction of sp³-hybridized carbons (Fsp3) is 0.421. The fourth-order valence-corrected chi connectivity index (χ4v) is 2.77. The van der Waals surface area contributed by atoms with Crippen molar-refractivity contribution in [1.82, 2.24) is 10.1 Å². The largest absolute Gasteiger partial charge is 0.480 e. The number of carbonyl (C=O) groups excluding carboxylic acids is 1. The van der Waals surface area contributed by atoms with Crippen LogP contribution in [0.2, 0.25) is 0 Å². The maximum atomic E-state index is 12.6. The predicted molar refractivity (Wildman–Crippen MR) is 93.5 cm³/mol. The maximum absolute atomic E-state index is 12.6. The Morgan fingerprint density at radius 3 is 2.48 bits per heavy atom.